The molecule has 0 atom stereocenters. The molecular weight excluding hydrogens is 128 g/mol. The molecule has 3 nitrogen and oxygen atoms in total. The van der Waals surface area contributed by atoms with Gasteiger partial charge in [0, 0.05) is 18.3 Å². The van der Waals surface area contributed by atoms with Gasteiger partial charge in [0.1, 0.15) is 5.69 Å². The molecular formula is C7H10N2O. The average Bonchev–Trinajstić information content (AvgIpc) is 1.96. The fourth-order valence-electron chi connectivity index (χ4n) is 0.679. The zero-order chi connectivity index (χ0) is 9.30. The van der Waals surface area contributed by atoms with Crippen LogP contribution in [0.3, 0.4) is 0 Å². The van der Waals surface area contributed by atoms with Gasteiger partial charge in [0.05, 0.1) is 2.74 Å². The Morgan fingerprint density at radius 1 is 1.80 bits per heavy atom. The Morgan fingerprint density at radius 3 is 3.10 bits per heavy atom. The van der Waals surface area contributed by atoms with Crippen molar-refractivity contribution >= 4 is 0 Å². The van der Waals surface area contributed by atoms with Crippen molar-refractivity contribution in [3.63, 3.8) is 0 Å². The summed E-state index contributed by atoms with van der Waals surface area (Å²) < 4.78 is 14.3. The van der Waals surface area contributed by atoms with E-state index in [1.165, 1.54) is 0 Å². The Bertz CT molecular complexity index is 346. The molecule has 0 radical (unpaired) electrons. The summed E-state index contributed by atoms with van der Waals surface area (Å²) in [5.74, 6) is -0.0153. The molecule has 0 unspecified atom stereocenters. The number of hydrogen-bond donors (Lipinski definition) is 1. The van der Waals surface area contributed by atoms with Gasteiger partial charge >= 0.3 is 0 Å². The first-order valence-electron chi connectivity index (χ1n) is 4.09. The lowest BCUT2D eigenvalue weighted by Gasteiger charge is -1.99. The molecule has 3 heteroatoms. The summed E-state index contributed by atoms with van der Waals surface area (Å²) in [7, 11) is 0. The smallest absolute Gasteiger partial charge is 0.269 e. The Balaban J connectivity index is 3.33. The van der Waals surface area contributed by atoms with Crippen molar-refractivity contribution in [1.82, 2.24) is 9.97 Å². The SMILES string of the molecule is [2H]c1nc(C(C)C)c(=O)[nH]c1[2H]. The van der Waals surface area contributed by atoms with Crippen LogP contribution in [0.2, 0.25) is 0 Å². The summed E-state index contributed by atoms with van der Waals surface area (Å²) in [4.78, 5) is 17.1. The highest BCUT2D eigenvalue weighted by Gasteiger charge is 2.02. The van der Waals surface area contributed by atoms with E-state index in [1.54, 1.807) is 0 Å². The summed E-state index contributed by atoms with van der Waals surface area (Å²) >= 11 is 0. The molecule has 0 aliphatic carbocycles. The summed E-state index contributed by atoms with van der Waals surface area (Å²) in [5.41, 5.74) is -0.0537. The van der Waals surface area contributed by atoms with E-state index in [2.05, 4.69) is 9.97 Å². The monoisotopic (exact) mass is 140 g/mol. The lowest BCUT2D eigenvalue weighted by Crippen LogP contribution is -2.14. The molecule has 1 aromatic rings. The molecule has 10 heavy (non-hydrogen) atoms. The van der Waals surface area contributed by atoms with Gasteiger partial charge in [-0.3, -0.25) is 9.78 Å². The molecule has 1 rings (SSSR count). The summed E-state index contributed by atoms with van der Waals surface area (Å²) in [6, 6.07) is 0. The van der Waals surface area contributed by atoms with Crippen molar-refractivity contribution in [2.75, 3.05) is 0 Å². The molecule has 0 amide bonds. The topological polar surface area (TPSA) is 45.8 Å². The molecule has 0 spiro atoms. The van der Waals surface area contributed by atoms with Crippen LogP contribution in [-0.4, -0.2) is 9.97 Å². The van der Waals surface area contributed by atoms with Crippen LogP contribution in [0.15, 0.2) is 17.1 Å². The number of nitrogens with zero attached hydrogens (tertiary/aromatic N) is 1. The number of aromatic amines is 1. The fraction of sp³-hybridized carbons (Fsp3) is 0.429. The number of hydrogen-bond acceptors (Lipinski definition) is 2. The summed E-state index contributed by atoms with van der Waals surface area (Å²) in [5, 5.41) is 0. The Morgan fingerprint density at radius 2 is 2.50 bits per heavy atom. The third-order valence-corrected chi connectivity index (χ3v) is 1.19. The number of H-pyrrole nitrogens is 1. The zero-order valence-corrected chi connectivity index (χ0v) is 5.93. The third-order valence-electron chi connectivity index (χ3n) is 1.19. The van der Waals surface area contributed by atoms with E-state index >= 15 is 0 Å². The molecule has 54 valence electrons. The van der Waals surface area contributed by atoms with E-state index < -0.39 is 0 Å². The van der Waals surface area contributed by atoms with Gasteiger partial charge in [-0.15, -0.1) is 0 Å². The zero-order valence-electron chi connectivity index (χ0n) is 7.93. The van der Waals surface area contributed by atoms with E-state index in [9.17, 15) is 4.79 Å². The first-order valence-corrected chi connectivity index (χ1v) is 3.09. The van der Waals surface area contributed by atoms with Crippen LogP contribution in [0.5, 0.6) is 0 Å². The Labute approximate surface area is 61.9 Å². The van der Waals surface area contributed by atoms with Crippen LogP contribution in [0, 0.1) is 0 Å². The molecule has 1 aromatic heterocycles. The van der Waals surface area contributed by atoms with Gasteiger partial charge in [-0.25, -0.2) is 0 Å². The van der Waals surface area contributed by atoms with Gasteiger partial charge in [0.15, 0.2) is 0 Å². The minimum atomic E-state index is -0.369. The second-order valence-electron chi connectivity index (χ2n) is 2.34. The molecule has 1 heterocycles. The van der Waals surface area contributed by atoms with E-state index in [1.807, 2.05) is 13.8 Å². The highest BCUT2D eigenvalue weighted by atomic mass is 16.1. The maximum absolute atomic E-state index is 11.1. The van der Waals surface area contributed by atoms with Crippen LogP contribution >= 0.6 is 0 Å². The first-order chi connectivity index (χ1) is 5.52. The van der Waals surface area contributed by atoms with Gasteiger partial charge in [0.25, 0.3) is 5.56 Å². The van der Waals surface area contributed by atoms with Gasteiger partial charge in [-0.2, -0.15) is 0 Å². The van der Waals surface area contributed by atoms with E-state index in [-0.39, 0.29) is 23.8 Å². The largest absolute Gasteiger partial charge is 0.326 e. The van der Waals surface area contributed by atoms with Crippen molar-refractivity contribution in [3.8, 4) is 0 Å². The normalized spacial score (nSPS) is 13.1. The maximum atomic E-state index is 11.1. The lowest BCUT2D eigenvalue weighted by atomic mass is 10.1. The van der Waals surface area contributed by atoms with Crippen molar-refractivity contribution in [1.29, 1.82) is 0 Å². The molecule has 0 aliphatic rings. The third kappa shape index (κ3) is 1.23. The summed E-state index contributed by atoms with van der Waals surface area (Å²) in [6.45, 7) is 3.64. The average molecular weight is 140 g/mol. The van der Waals surface area contributed by atoms with Crippen LogP contribution in [0.25, 0.3) is 0 Å². The number of nitrogens with one attached hydrogen (secondary N) is 1. The van der Waals surface area contributed by atoms with Crippen LogP contribution < -0.4 is 5.56 Å². The minimum absolute atomic E-state index is 0.0153. The van der Waals surface area contributed by atoms with Crippen LogP contribution in [0.4, 0.5) is 0 Å². The Kier molecular flexibility index (Phi) is 1.23. The highest BCUT2D eigenvalue weighted by molar-refractivity contribution is 5.00. The summed E-state index contributed by atoms with van der Waals surface area (Å²) in [6.07, 6.45) is -0.414. The van der Waals surface area contributed by atoms with Gasteiger partial charge < -0.3 is 4.98 Å². The minimum Gasteiger partial charge on any atom is -0.326 e. The molecule has 0 bridgehead atoms. The molecule has 0 fully saturated rings. The quantitative estimate of drug-likeness (QED) is 0.629. The van der Waals surface area contributed by atoms with Gasteiger partial charge in [-0.1, -0.05) is 13.8 Å². The fourth-order valence-corrected chi connectivity index (χ4v) is 0.679. The molecule has 0 saturated heterocycles. The van der Waals surface area contributed by atoms with E-state index in [4.69, 9.17) is 2.74 Å². The highest BCUT2D eigenvalue weighted by Crippen LogP contribution is 2.02. The lowest BCUT2D eigenvalue weighted by molar-refractivity contribution is 0.796. The molecule has 0 aliphatic heterocycles. The standard InChI is InChI=1S/C7H10N2O/c1-5(2)6-7(10)9-4-3-8-6/h3-5H,1-2H3,(H,9,10)/i3D,4D. The number of rotatable bonds is 1. The van der Waals surface area contributed by atoms with Crippen molar-refractivity contribution in [2.45, 2.75) is 19.8 Å². The van der Waals surface area contributed by atoms with E-state index in [0.29, 0.717) is 5.69 Å². The number of aromatic nitrogens is 2. The maximum Gasteiger partial charge on any atom is 0.269 e. The van der Waals surface area contributed by atoms with Crippen LogP contribution in [0.1, 0.15) is 28.2 Å². The van der Waals surface area contributed by atoms with Gasteiger partial charge in [-0.05, 0) is 0 Å². The van der Waals surface area contributed by atoms with Gasteiger partial charge in [0.2, 0.25) is 0 Å². The van der Waals surface area contributed by atoms with Crippen molar-refractivity contribution < 1.29 is 2.74 Å². The predicted molar refractivity (Wildman–Crippen MR) is 38.9 cm³/mol. The predicted octanol–water partition coefficient (Wildman–Crippen LogP) is 0.893. The second-order valence-corrected chi connectivity index (χ2v) is 2.34. The molecule has 1 N–H and O–H groups in total. The van der Waals surface area contributed by atoms with E-state index in [0.717, 1.165) is 0 Å². The van der Waals surface area contributed by atoms with Crippen molar-refractivity contribution in [2.24, 2.45) is 0 Å². The molecule has 0 saturated carbocycles. The van der Waals surface area contributed by atoms with Crippen molar-refractivity contribution in [3.05, 3.63) is 28.4 Å². The second kappa shape index (κ2) is 2.64. The van der Waals surface area contributed by atoms with Crippen LogP contribution in [-0.2, 0) is 0 Å². The first kappa shape index (κ1) is 4.66. The molecule has 0 aromatic carbocycles. The Hall–Kier alpha value is -1.12.